The summed E-state index contributed by atoms with van der Waals surface area (Å²) in [5.74, 6) is 0. The van der Waals surface area contributed by atoms with Gasteiger partial charge in [0.2, 0.25) is 0 Å². The second-order valence-corrected chi connectivity index (χ2v) is 14.6. The van der Waals surface area contributed by atoms with Crippen LogP contribution < -0.4 is 4.90 Å². The van der Waals surface area contributed by atoms with Crippen molar-refractivity contribution in [1.29, 1.82) is 0 Å². The Morgan fingerprint density at radius 1 is 0.463 bits per heavy atom. The van der Waals surface area contributed by atoms with Crippen molar-refractivity contribution in [3.8, 4) is 33.4 Å². The minimum Gasteiger partial charge on any atom is -0.310 e. The summed E-state index contributed by atoms with van der Waals surface area (Å²) in [5.41, 5.74) is 22.1. The molecule has 0 spiro atoms. The molecular formula is C53H37N. The molecule has 1 nitrogen and oxygen atoms in total. The van der Waals surface area contributed by atoms with Crippen molar-refractivity contribution in [2.24, 2.45) is 0 Å². The first-order chi connectivity index (χ1) is 26.8. The highest BCUT2D eigenvalue weighted by Crippen LogP contribution is 2.57. The van der Waals surface area contributed by atoms with Gasteiger partial charge < -0.3 is 4.90 Å². The van der Waals surface area contributed by atoms with Crippen LogP contribution >= 0.6 is 0 Å². The molecule has 0 saturated heterocycles. The van der Waals surface area contributed by atoms with Gasteiger partial charge >= 0.3 is 0 Å². The number of fused-ring (bicyclic) bond motifs is 5. The van der Waals surface area contributed by atoms with Gasteiger partial charge in [-0.2, -0.15) is 0 Å². The smallest absolute Gasteiger partial charge is 0.0537 e. The van der Waals surface area contributed by atoms with Gasteiger partial charge in [0, 0.05) is 16.9 Å². The number of hydrogen-bond acceptors (Lipinski definition) is 1. The van der Waals surface area contributed by atoms with Crippen LogP contribution in [0.5, 0.6) is 0 Å². The molecule has 0 N–H and O–H groups in total. The first kappa shape index (κ1) is 30.9. The van der Waals surface area contributed by atoms with Crippen molar-refractivity contribution in [2.45, 2.75) is 19.3 Å². The fourth-order valence-electron chi connectivity index (χ4n) is 9.30. The topological polar surface area (TPSA) is 3.24 Å². The van der Waals surface area contributed by atoms with E-state index >= 15 is 0 Å². The van der Waals surface area contributed by atoms with E-state index < -0.39 is 0 Å². The summed E-state index contributed by atoms with van der Waals surface area (Å²) in [7, 11) is 0. The molecule has 7 aromatic carbocycles. The molecule has 0 fully saturated rings. The Morgan fingerprint density at radius 2 is 1.15 bits per heavy atom. The Morgan fingerprint density at radius 3 is 2.06 bits per heavy atom. The van der Waals surface area contributed by atoms with Crippen LogP contribution in [0.1, 0.15) is 41.5 Å². The average Bonchev–Trinajstić information content (AvgIpc) is 3.54. The zero-order valence-electron chi connectivity index (χ0n) is 30.0. The largest absolute Gasteiger partial charge is 0.310 e. The van der Waals surface area contributed by atoms with E-state index in [9.17, 15) is 0 Å². The summed E-state index contributed by atoms with van der Waals surface area (Å²) >= 11 is 0. The molecule has 0 atom stereocenters. The Balaban J connectivity index is 1.06. The summed E-state index contributed by atoms with van der Waals surface area (Å²) in [5, 5.41) is 2.51. The summed E-state index contributed by atoms with van der Waals surface area (Å²) < 4.78 is 0. The van der Waals surface area contributed by atoms with Gasteiger partial charge in [0.15, 0.2) is 0 Å². The molecule has 4 aliphatic carbocycles. The molecule has 0 heterocycles. The molecule has 254 valence electrons. The van der Waals surface area contributed by atoms with Crippen molar-refractivity contribution >= 4 is 44.4 Å². The summed E-state index contributed by atoms with van der Waals surface area (Å²) in [4.78, 5) is 2.41. The maximum atomic E-state index is 2.49. The third kappa shape index (κ3) is 4.79. The van der Waals surface area contributed by atoms with E-state index in [0.29, 0.717) is 0 Å². The number of allylic oxidation sites excluding steroid dienone is 9. The SMILES string of the molecule is C1=CC(c2cccc3ccccc23)=C(N(c2ccccc2)c2ccc(-c3ccc4c(c3)C3=C5CCC=C3c3cccc-4c3-c3ccccc35)cc2)C=CC1. The monoisotopic (exact) mass is 687 g/mol. The lowest BCUT2D eigenvalue weighted by Crippen LogP contribution is -2.16. The zero-order valence-corrected chi connectivity index (χ0v) is 30.0. The molecule has 4 aliphatic rings. The highest BCUT2D eigenvalue weighted by Gasteiger charge is 2.34. The number of nitrogens with zero attached hydrogens (tertiary/aromatic N) is 1. The van der Waals surface area contributed by atoms with Crippen LogP contribution in [-0.2, 0) is 0 Å². The summed E-state index contributed by atoms with van der Waals surface area (Å²) in [6.45, 7) is 0. The maximum Gasteiger partial charge on any atom is 0.0537 e. The Hall–Kier alpha value is -6.70. The van der Waals surface area contributed by atoms with E-state index in [1.165, 1.54) is 88.7 Å². The van der Waals surface area contributed by atoms with Crippen LogP contribution in [0.3, 0.4) is 0 Å². The second-order valence-electron chi connectivity index (χ2n) is 14.6. The van der Waals surface area contributed by atoms with E-state index in [0.717, 1.165) is 36.3 Å². The molecule has 6 bridgehead atoms. The van der Waals surface area contributed by atoms with Crippen molar-refractivity contribution < 1.29 is 0 Å². The van der Waals surface area contributed by atoms with Gasteiger partial charge in [-0.25, -0.2) is 0 Å². The zero-order chi connectivity index (χ0) is 35.6. The van der Waals surface area contributed by atoms with E-state index in [-0.39, 0.29) is 0 Å². The number of hydrogen-bond donors (Lipinski definition) is 0. The van der Waals surface area contributed by atoms with E-state index in [4.69, 9.17) is 0 Å². The lowest BCUT2D eigenvalue weighted by molar-refractivity contribution is 1.06. The maximum absolute atomic E-state index is 2.49. The van der Waals surface area contributed by atoms with Crippen molar-refractivity contribution in [2.75, 3.05) is 4.90 Å². The number of anilines is 2. The van der Waals surface area contributed by atoms with Gasteiger partial charge in [-0.1, -0.05) is 152 Å². The van der Waals surface area contributed by atoms with Gasteiger partial charge in [0.1, 0.15) is 0 Å². The molecule has 0 aliphatic heterocycles. The van der Waals surface area contributed by atoms with Crippen LogP contribution in [0, 0.1) is 0 Å². The molecule has 0 aromatic heterocycles. The number of benzene rings is 7. The first-order valence-electron chi connectivity index (χ1n) is 19.1. The van der Waals surface area contributed by atoms with Gasteiger partial charge in [0.25, 0.3) is 0 Å². The molecule has 1 heteroatoms. The highest BCUT2D eigenvalue weighted by molar-refractivity contribution is 6.25. The van der Waals surface area contributed by atoms with E-state index in [1.54, 1.807) is 0 Å². The third-order valence-corrected chi connectivity index (χ3v) is 11.7. The molecule has 0 radical (unpaired) electrons. The van der Waals surface area contributed by atoms with Crippen molar-refractivity contribution in [3.63, 3.8) is 0 Å². The molecule has 54 heavy (non-hydrogen) atoms. The first-order valence-corrected chi connectivity index (χ1v) is 19.1. The van der Waals surface area contributed by atoms with Crippen LogP contribution in [0.4, 0.5) is 11.4 Å². The Bertz CT molecular complexity index is 2820. The quantitative estimate of drug-likeness (QED) is 0.174. The van der Waals surface area contributed by atoms with Gasteiger partial charge in [-0.3, -0.25) is 0 Å². The summed E-state index contributed by atoms with van der Waals surface area (Å²) in [6.07, 6.45) is 14.7. The van der Waals surface area contributed by atoms with Gasteiger partial charge in [-0.15, -0.1) is 0 Å². The number of rotatable bonds is 5. The normalized spacial score (nSPS) is 15.0. The number of para-hydroxylation sites is 1. The predicted octanol–water partition coefficient (Wildman–Crippen LogP) is 14.3. The molecule has 0 unspecified atom stereocenters. The lowest BCUT2D eigenvalue weighted by Gasteiger charge is -2.29. The predicted molar refractivity (Wildman–Crippen MR) is 229 cm³/mol. The standard InChI is InChI=1S/C53H37N/c1-3-16-38(17-4-1)54(51-27-6-2-5-20-44(51)41-22-11-15-36-14-7-8-18-40(36)41)39-31-28-35(29-32-39)37-30-33-43-47-24-13-25-48-49-26-12-23-46(53(49)50(43)34-37)42-19-9-10-21-45(42)52(47)48/h1,3-11,13-22,24-34H,2,12,23H2. The minimum atomic E-state index is 0.893. The second kappa shape index (κ2) is 12.5. The van der Waals surface area contributed by atoms with Crippen LogP contribution in [0.25, 0.3) is 66.4 Å². The van der Waals surface area contributed by atoms with Crippen LogP contribution in [0.2, 0.25) is 0 Å². The average molecular weight is 688 g/mol. The highest BCUT2D eigenvalue weighted by atomic mass is 15.1. The van der Waals surface area contributed by atoms with Crippen LogP contribution in [-0.4, -0.2) is 0 Å². The Kier molecular flexibility index (Phi) is 7.13. The third-order valence-electron chi connectivity index (χ3n) is 11.7. The lowest BCUT2D eigenvalue weighted by atomic mass is 9.79. The fraction of sp³-hybridized carbons (Fsp3) is 0.0566. The molecule has 0 saturated carbocycles. The molecule has 7 aromatic rings. The van der Waals surface area contributed by atoms with Crippen molar-refractivity contribution in [3.05, 3.63) is 216 Å². The summed E-state index contributed by atoms with van der Waals surface area (Å²) in [6, 6.07) is 58.4. The molecular weight excluding hydrogens is 651 g/mol. The molecule has 11 rings (SSSR count). The Labute approximate surface area is 316 Å². The van der Waals surface area contributed by atoms with E-state index in [1.807, 2.05) is 0 Å². The van der Waals surface area contributed by atoms with Crippen LogP contribution in [0.15, 0.2) is 194 Å². The fourth-order valence-corrected chi connectivity index (χ4v) is 9.30. The minimum absolute atomic E-state index is 0.893. The van der Waals surface area contributed by atoms with Gasteiger partial charge in [-0.05, 0) is 139 Å². The molecule has 0 amide bonds. The van der Waals surface area contributed by atoms with E-state index in [2.05, 4.69) is 193 Å². The van der Waals surface area contributed by atoms with Crippen molar-refractivity contribution in [1.82, 2.24) is 0 Å². The van der Waals surface area contributed by atoms with Gasteiger partial charge in [0.05, 0.1) is 5.70 Å².